The number of nitrogens with one attached hydrogen (secondary N) is 2. The van der Waals surface area contributed by atoms with E-state index in [4.69, 9.17) is 10.8 Å². The quantitative estimate of drug-likeness (QED) is 0.622. The van der Waals surface area contributed by atoms with Crippen molar-refractivity contribution in [2.75, 3.05) is 0 Å². The molecule has 7 heteroatoms. The number of alkyl halides is 3. The van der Waals surface area contributed by atoms with Crippen LogP contribution in [-0.4, -0.2) is 18.2 Å². The molecule has 4 nitrogen and oxygen atoms in total. The van der Waals surface area contributed by atoms with Gasteiger partial charge in [-0.15, -0.1) is 13.2 Å². The molecule has 0 saturated carbocycles. The van der Waals surface area contributed by atoms with Gasteiger partial charge in [0.1, 0.15) is 5.75 Å². The highest BCUT2D eigenvalue weighted by atomic mass is 19.4. The van der Waals surface area contributed by atoms with Gasteiger partial charge >= 0.3 is 6.36 Å². The van der Waals surface area contributed by atoms with Crippen LogP contribution >= 0.6 is 0 Å². The van der Waals surface area contributed by atoms with E-state index in [1.807, 2.05) is 0 Å². The van der Waals surface area contributed by atoms with Crippen LogP contribution in [0.5, 0.6) is 5.75 Å². The van der Waals surface area contributed by atoms with E-state index >= 15 is 0 Å². The first-order chi connectivity index (χ1) is 7.78. The summed E-state index contributed by atoms with van der Waals surface area (Å²) >= 11 is 0. The van der Waals surface area contributed by atoms with Crippen molar-refractivity contribution < 1.29 is 22.6 Å². The summed E-state index contributed by atoms with van der Waals surface area (Å²) < 4.78 is 43.9. The Balaban J connectivity index is 2.74. The highest BCUT2D eigenvalue weighted by Gasteiger charge is 2.30. The topological polar surface area (TPSA) is 66.2 Å². The predicted molar refractivity (Wildman–Crippen MR) is 54.4 cm³/mol. The van der Waals surface area contributed by atoms with Gasteiger partial charge in [-0.2, -0.15) is 0 Å². The molecule has 0 atom stereocenters. The Kier molecular flexibility index (Phi) is 3.72. The monoisotopic (exact) mass is 246 g/mol. The van der Waals surface area contributed by atoms with Gasteiger partial charge in [0.05, 0.1) is 0 Å². The third-order valence-corrected chi connectivity index (χ3v) is 1.61. The van der Waals surface area contributed by atoms with Crippen LogP contribution < -0.4 is 4.74 Å². The van der Waals surface area contributed by atoms with Crippen molar-refractivity contribution in [3.63, 3.8) is 0 Å². The minimum atomic E-state index is -4.74. The normalized spacial score (nSPS) is 10.8. The van der Waals surface area contributed by atoms with Gasteiger partial charge in [0.2, 0.25) is 5.90 Å². The summed E-state index contributed by atoms with van der Waals surface area (Å²) in [5, 5.41) is 14.4. The molecule has 0 aromatic heterocycles. The Morgan fingerprint density at radius 1 is 1.12 bits per heavy atom. The molecular weight excluding hydrogens is 237 g/mol. The summed E-state index contributed by atoms with van der Waals surface area (Å²) in [6.45, 7) is 1.34. The molecule has 2 N–H and O–H groups in total. The van der Waals surface area contributed by atoms with Crippen molar-refractivity contribution in [3.05, 3.63) is 29.8 Å². The summed E-state index contributed by atoms with van der Waals surface area (Å²) in [5.41, 5.74) is 0.256. The molecule has 0 bridgehead atoms. The Hall–Kier alpha value is -2.05. The summed E-state index contributed by atoms with van der Waals surface area (Å²) in [6.07, 6.45) is -4.74. The summed E-state index contributed by atoms with van der Waals surface area (Å²) in [5.74, 6) is -0.859. The smallest absolute Gasteiger partial charge is 0.426 e. The van der Waals surface area contributed by atoms with Gasteiger partial charge in [-0.25, -0.2) is 0 Å². The Labute approximate surface area is 95.0 Å². The zero-order chi connectivity index (χ0) is 13.1. The van der Waals surface area contributed by atoms with Gasteiger partial charge in [-0.1, -0.05) is 0 Å². The number of hydrogen-bond acceptors (Lipinski definition) is 4. The van der Waals surface area contributed by atoms with Gasteiger partial charge in [0.15, 0.2) is 5.90 Å². The van der Waals surface area contributed by atoms with Crippen LogP contribution in [0.1, 0.15) is 12.5 Å². The van der Waals surface area contributed by atoms with Gasteiger partial charge < -0.3 is 9.47 Å². The molecule has 0 unspecified atom stereocenters. The fourth-order valence-electron chi connectivity index (χ4n) is 1.02. The van der Waals surface area contributed by atoms with E-state index in [-0.39, 0.29) is 23.1 Å². The number of benzene rings is 1. The van der Waals surface area contributed by atoms with E-state index in [2.05, 4.69) is 9.47 Å². The number of hydrogen-bond donors (Lipinski definition) is 2. The van der Waals surface area contributed by atoms with Gasteiger partial charge in [-0.3, -0.25) is 10.8 Å². The van der Waals surface area contributed by atoms with Gasteiger partial charge in [0, 0.05) is 12.5 Å². The molecule has 0 amide bonds. The second-order valence-electron chi connectivity index (χ2n) is 3.06. The lowest BCUT2D eigenvalue weighted by molar-refractivity contribution is -0.274. The van der Waals surface area contributed by atoms with Crippen molar-refractivity contribution in [2.24, 2.45) is 0 Å². The lowest BCUT2D eigenvalue weighted by Crippen LogP contribution is -2.17. The van der Waals surface area contributed by atoms with E-state index in [0.29, 0.717) is 0 Å². The largest absolute Gasteiger partial charge is 0.573 e. The zero-order valence-corrected chi connectivity index (χ0v) is 8.76. The van der Waals surface area contributed by atoms with E-state index < -0.39 is 6.36 Å². The molecule has 0 saturated heterocycles. The number of rotatable bonds is 2. The van der Waals surface area contributed by atoms with Crippen LogP contribution in [0.3, 0.4) is 0 Å². The maximum absolute atomic E-state index is 11.9. The zero-order valence-electron chi connectivity index (χ0n) is 8.76. The predicted octanol–water partition coefficient (Wildman–Crippen LogP) is 2.92. The maximum atomic E-state index is 11.9. The van der Waals surface area contributed by atoms with Crippen molar-refractivity contribution in [1.82, 2.24) is 0 Å². The standard InChI is InChI=1S/C10H9F3N2O2/c1-6(14)16-9(15)7-2-4-8(5-3-7)17-10(11,12)13/h2-5,14-15H,1H3. The SMILES string of the molecule is CC(=N)OC(=N)c1ccc(OC(F)(F)F)cc1. The molecule has 92 valence electrons. The Morgan fingerprint density at radius 3 is 2.06 bits per heavy atom. The molecule has 0 heterocycles. The van der Waals surface area contributed by atoms with E-state index in [1.165, 1.54) is 19.1 Å². The highest BCUT2D eigenvalue weighted by Crippen LogP contribution is 2.22. The van der Waals surface area contributed by atoms with E-state index in [1.54, 1.807) is 0 Å². The maximum Gasteiger partial charge on any atom is 0.573 e. The molecule has 1 aromatic carbocycles. The average Bonchev–Trinajstić information content (AvgIpc) is 2.15. The molecule has 0 fully saturated rings. The van der Waals surface area contributed by atoms with Crippen molar-refractivity contribution in [3.8, 4) is 5.75 Å². The molecule has 0 spiro atoms. The summed E-state index contributed by atoms with van der Waals surface area (Å²) in [7, 11) is 0. The van der Waals surface area contributed by atoms with Gasteiger partial charge in [-0.05, 0) is 24.3 Å². The van der Waals surface area contributed by atoms with Crippen molar-refractivity contribution >= 4 is 11.8 Å². The molecule has 0 radical (unpaired) electrons. The first kappa shape index (κ1) is 13.0. The summed E-state index contributed by atoms with van der Waals surface area (Å²) in [6, 6.07) is 4.62. The van der Waals surface area contributed by atoms with Crippen LogP contribution in [0.2, 0.25) is 0 Å². The first-order valence-corrected chi connectivity index (χ1v) is 4.45. The lowest BCUT2D eigenvalue weighted by atomic mass is 10.2. The van der Waals surface area contributed by atoms with Crippen LogP contribution in [0.4, 0.5) is 13.2 Å². The molecular formula is C10H9F3N2O2. The Morgan fingerprint density at radius 2 is 1.65 bits per heavy atom. The number of ether oxygens (including phenoxy) is 2. The first-order valence-electron chi connectivity index (χ1n) is 4.45. The molecule has 0 aliphatic carbocycles. The second kappa shape index (κ2) is 4.86. The van der Waals surface area contributed by atoms with E-state index in [9.17, 15) is 13.2 Å². The van der Waals surface area contributed by atoms with Crippen LogP contribution in [0.25, 0.3) is 0 Å². The molecule has 17 heavy (non-hydrogen) atoms. The molecule has 0 aliphatic heterocycles. The average molecular weight is 246 g/mol. The fourth-order valence-corrected chi connectivity index (χ4v) is 1.02. The van der Waals surface area contributed by atoms with Crippen LogP contribution in [0, 0.1) is 10.8 Å². The minimum Gasteiger partial charge on any atom is -0.426 e. The minimum absolute atomic E-state index is 0.175. The second-order valence-corrected chi connectivity index (χ2v) is 3.06. The van der Waals surface area contributed by atoms with Crippen LogP contribution in [-0.2, 0) is 4.74 Å². The third-order valence-electron chi connectivity index (χ3n) is 1.61. The summed E-state index contributed by atoms with van der Waals surface area (Å²) in [4.78, 5) is 0. The van der Waals surface area contributed by atoms with Gasteiger partial charge in [0.25, 0.3) is 0 Å². The van der Waals surface area contributed by atoms with Crippen molar-refractivity contribution in [2.45, 2.75) is 13.3 Å². The third kappa shape index (κ3) is 4.54. The fraction of sp³-hybridized carbons (Fsp3) is 0.200. The molecule has 1 aromatic rings. The Bertz CT molecular complexity index is 426. The molecule has 0 aliphatic rings. The number of halogens is 3. The molecule has 1 rings (SSSR count). The van der Waals surface area contributed by atoms with Crippen LogP contribution in [0.15, 0.2) is 24.3 Å². The van der Waals surface area contributed by atoms with Crippen molar-refractivity contribution in [1.29, 1.82) is 10.8 Å². The lowest BCUT2D eigenvalue weighted by Gasteiger charge is -2.09. The highest BCUT2D eigenvalue weighted by molar-refractivity contribution is 5.98. The van der Waals surface area contributed by atoms with E-state index in [0.717, 1.165) is 12.1 Å².